The van der Waals surface area contributed by atoms with E-state index in [9.17, 15) is 4.79 Å². The van der Waals surface area contributed by atoms with Crippen molar-refractivity contribution in [2.75, 3.05) is 0 Å². The largest absolute Gasteiger partial charge is 0.476 e. The number of aromatic carboxylic acids is 1. The number of pyridine rings is 1. The lowest BCUT2D eigenvalue weighted by Crippen LogP contribution is -2.01. The van der Waals surface area contributed by atoms with Crippen molar-refractivity contribution < 1.29 is 9.90 Å². The van der Waals surface area contributed by atoms with E-state index in [2.05, 4.69) is 9.97 Å². The number of aromatic nitrogens is 2. The zero-order valence-corrected chi connectivity index (χ0v) is 12.3. The van der Waals surface area contributed by atoms with E-state index in [-0.39, 0.29) is 10.7 Å². The Morgan fingerprint density at radius 3 is 2.75 bits per heavy atom. The van der Waals surface area contributed by atoms with Crippen LogP contribution in [0.2, 0.25) is 5.02 Å². The van der Waals surface area contributed by atoms with Gasteiger partial charge in [0.2, 0.25) is 0 Å². The molecular formula is C13H7ClN2O2S2. The molecule has 2 aromatic heterocycles. The number of para-hydroxylation sites is 1. The summed E-state index contributed by atoms with van der Waals surface area (Å²) in [6.45, 7) is 0. The van der Waals surface area contributed by atoms with Crippen LogP contribution in [-0.4, -0.2) is 21.0 Å². The molecule has 3 aromatic rings. The third-order valence-corrected chi connectivity index (χ3v) is 4.83. The topological polar surface area (TPSA) is 63.1 Å². The molecule has 0 spiro atoms. The lowest BCUT2D eigenvalue weighted by molar-refractivity contribution is 0.0690. The van der Waals surface area contributed by atoms with Crippen molar-refractivity contribution in [3.63, 3.8) is 0 Å². The van der Waals surface area contributed by atoms with Gasteiger partial charge >= 0.3 is 5.97 Å². The molecule has 0 bridgehead atoms. The maximum Gasteiger partial charge on any atom is 0.356 e. The van der Waals surface area contributed by atoms with Gasteiger partial charge in [0, 0.05) is 0 Å². The Hall–Kier alpha value is -1.63. The minimum absolute atomic E-state index is 0.131. The Balaban J connectivity index is 1.94. The summed E-state index contributed by atoms with van der Waals surface area (Å²) in [5, 5.41) is 9.69. The van der Waals surface area contributed by atoms with E-state index >= 15 is 0 Å². The highest BCUT2D eigenvalue weighted by Gasteiger charge is 2.13. The van der Waals surface area contributed by atoms with Gasteiger partial charge in [-0.2, -0.15) is 0 Å². The van der Waals surface area contributed by atoms with Crippen molar-refractivity contribution in [3.05, 3.63) is 47.1 Å². The molecule has 3 rings (SSSR count). The molecule has 0 aliphatic heterocycles. The predicted molar refractivity (Wildman–Crippen MR) is 79.9 cm³/mol. The number of carboxylic acids is 1. The van der Waals surface area contributed by atoms with Gasteiger partial charge in [-0.3, -0.25) is 0 Å². The Morgan fingerprint density at radius 2 is 2.00 bits per heavy atom. The van der Waals surface area contributed by atoms with Crippen LogP contribution >= 0.6 is 34.7 Å². The fourth-order valence-corrected chi connectivity index (χ4v) is 3.79. The first-order valence-corrected chi connectivity index (χ1v) is 7.58. The van der Waals surface area contributed by atoms with Gasteiger partial charge in [0.05, 0.1) is 15.2 Å². The van der Waals surface area contributed by atoms with Crippen LogP contribution in [0.25, 0.3) is 10.2 Å². The van der Waals surface area contributed by atoms with E-state index in [4.69, 9.17) is 16.7 Å². The number of thiazole rings is 1. The van der Waals surface area contributed by atoms with Crippen LogP contribution in [0.15, 0.2) is 45.8 Å². The Morgan fingerprint density at radius 1 is 1.20 bits per heavy atom. The van der Waals surface area contributed by atoms with Crippen molar-refractivity contribution in [2.24, 2.45) is 0 Å². The van der Waals surface area contributed by atoms with Crippen molar-refractivity contribution in [1.29, 1.82) is 0 Å². The van der Waals surface area contributed by atoms with Gasteiger partial charge in [-0.15, -0.1) is 11.3 Å². The molecule has 7 heteroatoms. The van der Waals surface area contributed by atoms with Crippen LogP contribution in [-0.2, 0) is 0 Å². The van der Waals surface area contributed by atoms with Crippen LogP contribution < -0.4 is 0 Å². The van der Waals surface area contributed by atoms with Gasteiger partial charge in [0.25, 0.3) is 0 Å². The number of nitrogens with zero attached hydrogens (tertiary/aromatic N) is 2. The first-order chi connectivity index (χ1) is 9.63. The normalized spacial score (nSPS) is 10.8. The quantitative estimate of drug-likeness (QED) is 0.783. The summed E-state index contributed by atoms with van der Waals surface area (Å²) in [6.07, 6.45) is 0. The molecule has 100 valence electrons. The third-order valence-electron chi connectivity index (χ3n) is 2.49. The highest BCUT2D eigenvalue weighted by Crippen LogP contribution is 2.34. The predicted octanol–water partition coefficient (Wildman–Crippen LogP) is 4.19. The van der Waals surface area contributed by atoms with Crippen molar-refractivity contribution in [2.45, 2.75) is 9.37 Å². The zero-order chi connectivity index (χ0) is 14.1. The summed E-state index contributed by atoms with van der Waals surface area (Å²) in [7, 11) is 0. The minimum atomic E-state index is -1.14. The monoisotopic (exact) mass is 322 g/mol. The third kappa shape index (κ3) is 2.63. The van der Waals surface area contributed by atoms with E-state index < -0.39 is 5.97 Å². The molecule has 20 heavy (non-hydrogen) atoms. The minimum Gasteiger partial charge on any atom is -0.476 e. The standard InChI is InChI=1S/C13H7ClN2O2S2/c14-7-5-6-10(16-11(7)12(17)18)20-13-15-8-3-1-2-4-9(8)19-13/h1-6H,(H,17,18). The van der Waals surface area contributed by atoms with Crippen LogP contribution in [0.3, 0.4) is 0 Å². The fourth-order valence-electron chi connectivity index (χ4n) is 1.62. The summed E-state index contributed by atoms with van der Waals surface area (Å²) in [5.41, 5.74) is 0.783. The average molecular weight is 323 g/mol. The first-order valence-electron chi connectivity index (χ1n) is 5.57. The molecule has 0 radical (unpaired) electrons. The van der Waals surface area contributed by atoms with E-state index in [0.717, 1.165) is 14.6 Å². The van der Waals surface area contributed by atoms with Crippen LogP contribution in [0.1, 0.15) is 10.5 Å². The molecule has 0 fully saturated rings. The van der Waals surface area contributed by atoms with E-state index in [1.807, 2.05) is 24.3 Å². The molecule has 1 N–H and O–H groups in total. The number of benzene rings is 1. The van der Waals surface area contributed by atoms with Gasteiger partial charge < -0.3 is 5.11 Å². The molecule has 0 saturated heterocycles. The lowest BCUT2D eigenvalue weighted by atomic mass is 10.3. The highest BCUT2D eigenvalue weighted by atomic mass is 35.5. The first kappa shape index (κ1) is 13.4. The van der Waals surface area contributed by atoms with Gasteiger partial charge in [-0.1, -0.05) is 23.7 Å². The molecule has 4 nitrogen and oxygen atoms in total. The SMILES string of the molecule is O=C(O)c1nc(Sc2nc3ccccc3s2)ccc1Cl. The number of carbonyl (C=O) groups is 1. The van der Waals surface area contributed by atoms with Crippen molar-refractivity contribution in [1.82, 2.24) is 9.97 Å². The number of hydrogen-bond acceptors (Lipinski definition) is 5. The van der Waals surface area contributed by atoms with Crippen molar-refractivity contribution in [3.8, 4) is 0 Å². The second-order valence-electron chi connectivity index (χ2n) is 3.83. The van der Waals surface area contributed by atoms with E-state index in [0.29, 0.717) is 5.03 Å². The molecule has 0 saturated carbocycles. The van der Waals surface area contributed by atoms with E-state index in [1.165, 1.54) is 17.8 Å². The summed E-state index contributed by atoms with van der Waals surface area (Å²) in [6, 6.07) is 11.0. The van der Waals surface area contributed by atoms with Gasteiger partial charge in [0.15, 0.2) is 10.0 Å². The highest BCUT2D eigenvalue weighted by molar-refractivity contribution is 8.01. The van der Waals surface area contributed by atoms with Crippen LogP contribution in [0, 0.1) is 0 Å². The van der Waals surface area contributed by atoms with Crippen LogP contribution in [0.4, 0.5) is 0 Å². The lowest BCUT2D eigenvalue weighted by Gasteiger charge is -2.01. The molecule has 0 amide bonds. The second-order valence-corrected chi connectivity index (χ2v) is 6.54. The van der Waals surface area contributed by atoms with Crippen molar-refractivity contribution >= 4 is 50.9 Å². The number of rotatable bonds is 3. The summed E-state index contributed by atoms with van der Waals surface area (Å²) in [5.74, 6) is -1.14. The molecule has 0 unspecified atom stereocenters. The molecule has 0 atom stereocenters. The van der Waals surface area contributed by atoms with Gasteiger partial charge in [-0.05, 0) is 36.0 Å². The number of halogens is 1. The molecule has 2 heterocycles. The number of fused-ring (bicyclic) bond motifs is 1. The average Bonchev–Trinajstić information content (AvgIpc) is 2.82. The van der Waals surface area contributed by atoms with Crippen LogP contribution in [0.5, 0.6) is 0 Å². The van der Waals surface area contributed by atoms with Gasteiger partial charge in [0.1, 0.15) is 5.03 Å². The van der Waals surface area contributed by atoms with Gasteiger partial charge in [-0.25, -0.2) is 14.8 Å². The maximum absolute atomic E-state index is 11.0. The summed E-state index contributed by atoms with van der Waals surface area (Å²) < 4.78 is 1.90. The smallest absolute Gasteiger partial charge is 0.356 e. The summed E-state index contributed by atoms with van der Waals surface area (Å²) >= 11 is 8.66. The Bertz CT molecular complexity index is 771. The Kier molecular flexibility index (Phi) is 3.60. The molecular weight excluding hydrogens is 316 g/mol. The number of hydrogen-bond donors (Lipinski definition) is 1. The number of carboxylic acid groups (broad SMARTS) is 1. The zero-order valence-electron chi connectivity index (χ0n) is 9.91. The second kappa shape index (κ2) is 5.40. The fraction of sp³-hybridized carbons (Fsp3) is 0. The van der Waals surface area contributed by atoms with E-state index in [1.54, 1.807) is 17.4 Å². The Labute approximate surface area is 127 Å². The molecule has 1 aromatic carbocycles. The molecule has 0 aliphatic rings. The molecule has 0 aliphatic carbocycles. The maximum atomic E-state index is 11.0. The summed E-state index contributed by atoms with van der Waals surface area (Å²) in [4.78, 5) is 19.5.